The summed E-state index contributed by atoms with van der Waals surface area (Å²) in [5.74, 6) is 1.70. The number of hydrogen-bond donors (Lipinski definition) is 1. The molecule has 0 atom stereocenters. The van der Waals surface area contributed by atoms with E-state index in [1.54, 1.807) is 0 Å². The van der Waals surface area contributed by atoms with E-state index in [0.29, 0.717) is 0 Å². The molecule has 2 nitrogen and oxygen atoms in total. The Balaban J connectivity index is 1.99. The molecule has 0 amide bonds. The molecular formula is C12H17NO. The van der Waals surface area contributed by atoms with E-state index in [-0.39, 0.29) is 0 Å². The fourth-order valence-electron chi connectivity index (χ4n) is 1.48. The number of benzene rings is 1. The van der Waals surface area contributed by atoms with Gasteiger partial charge in [0.25, 0.3) is 0 Å². The summed E-state index contributed by atoms with van der Waals surface area (Å²) in [5, 5.41) is 0. The van der Waals surface area contributed by atoms with Crippen molar-refractivity contribution in [2.24, 2.45) is 5.92 Å². The van der Waals surface area contributed by atoms with E-state index >= 15 is 0 Å². The van der Waals surface area contributed by atoms with Crippen molar-refractivity contribution in [1.82, 2.24) is 0 Å². The third-order valence-corrected chi connectivity index (χ3v) is 2.68. The Kier molecular flexibility index (Phi) is 2.62. The minimum atomic E-state index is 0.794. The number of nitrogen functional groups attached to an aromatic ring is 1. The van der Waals surface area contributed by atoms with Crippen molar-refractivity contribution in [1.29, 1.82) is 0 Å². The van der Waals surface area contributed by atoms with E-state index < -0.39 is 0 Å². The van der Waals surface area contributed by atoms with Gasteiger partial charge in [-0.05, 0) is 36.8 Å². The molecular weight excluding hydrogens is 174 g/mol. The Hall–Kier alpha value is -1.18. The smallest absolute Gasteiger partial charge is 0.121 e. The van der Waals surface area contributed by atoms with Gasteiger partial charge in [0.2, 0.25) is 0 Å². The standard InChI is InChI=1S/C12H17NO/c1-2-10-5-6-11(7-12(10)13)14-8-9-3-4-9/h5-7,9H,2-4,8,13H2,1H3. The number of nitrogens with two attached hydrogens (primary N) is 1. The van der Waals surface area contributed by atoms with Crippen LogP contribution in [0.1, 0.15) is 25.3 Å². The van der Waals surface area contributed by atoms with Gasteiger partial charge in [0.05, 0.1) is 6.61 Å². The topological polar surface area (TPSA) is 35.2 Å². The highest BCUT2D eigenvalue weighted by Gasteiger charge is 2.21. The maximum absolute atomic E-state index is 5.87. The van der Waals surface area contributed by atoms with Gasteiger partial charge in [0.1, 0.15) is 5.75 Å². The predicted molar refractivity (Wildman–Crippen MR) is 58.5 cm³/mol. The summed E-state index contributed by atoms with van der Waals surface area (Å²) in [7, 11) is 0. The van der Waals surface area contributed by atoms with Crippen molar-refractivity contribution in [3.8, 4) is 5.75 Å². The number of rotatable bonds is 4. The third kappa shape index (κ3) is 2.19. The van der Waals surface area contributed by atoms with Crippen molar-refractivity contribution in [2.45, 2.75) is 26.2 Å². The Labute approximate surface area is 85.1 Å². The average Bonchev–Trinajstić information content (AvgIpc) is 2.98. The molecule has 1 saturated carbocycles. The molecule has 1 aliphatic rings. The van der Waals surface area contributed by atoms with E-state index in [9.17, 15) is 0 Å². The van der Waals surface area contributed by atoms with Gasteiger partial charge in [-0.15, -0.1) is 0 Å². The van der Waals surface area contributed by atoms with Crippen LogP contribution in [0.3, 0.4) is 0 Å². The number of anilines is 1. The fourth-order valence-corrected chi connectivity index (χ4v) is 1.48. The van der Waals surface area contributed by atoms with Crippen LogP contribution < -0.4 is 10.5 Å². The first-order valence-electron chi connectivity index (χ1n) is 5.30. The van der Waals surface area contributed by atoms with Crippen molar-refractivity contribution in [3.05, 3.63) is 23.8 Å². The molecule has 1 aromatic rings. The molecule has 0 aromatic heterocycles. The first kappa shape index (κ1) is 9.38. The summed E-state index contributed by atoms with van der Waals surface area (Å²) in [5.41, 5.74) is 7.92. The van der Waals surface area contributed by atoms with Crippen LogP contribution in [0.25, 0.3) is 0 Å². The summed E-state index contributed by atoms with van der Waals surface area (Å²) in [6, 6.07) is 6.00. The largest absolute Gasteiger partial charge is 0.493 e. The number of hydrogen-bond acceptors (Lipinski definition) is 2. The second-order valence-corrected chi connectivity index (χ2v) is 3.97. The molecule has 0 aliphatic heterocycles. The van der Waals surface area contributed by atoms with E-state index in [1.807, 2.05) is 12.1 Å². The highest BCUT2D eigenvalue weighted by atomic mass is 16.5. The third-order valence-electron chi connectivity index (χ3n) is 2.68. The number of aryl methyl sites for hydroxylation is 1. The molecule has 76 valence electrons. The van der Waals surface area contributed by atoms with E-state index in [4.69, 9.17) is 10.5 Å². The molecule has 1 aliphatic carbocycles. The lowest BCUT2D eigenvalue weighted by Crippen LogP contribution is -2.00. The van der Waals surface area contributed by atoms with Crippen molar-refractivity contribution < 1.29 is 4.74 Å². The Morgan fingerprint density at radius 2 is 2.21 bits per heavy atom. The van der Waals surface area contributed by atoms with Crippen LogP contribution in [-0.2, 0) is 6.42 Å². The second kappa shape index (κ2) is 3.91. The zero-order chi connectivity index (χ0) is 9.97. The number of ether oxygens (including phenoxy) is 1. The molecule has 0 spiro atoms. The van der Waals surface area contributed by atoms with Crippen LogP contribution in [0.2, 0.25) is 0 Å². The maximum atomic E-state index is 5.87. The van der Waals surface area contributed by atoms with Gasteiger partial charge in [-0.1, -0.05) is 13.0 Å². The van der Waals surface area contributed by atoms with E-state index in [1.165, 1.54) is 18.4 Å². The SMILES string of the molecule is CCc1ccc(OCC2CC2)cc1N. The van der Waals surface area contributed by atoms with Gasteiger partial charge < -0.3 is 10.5 Å². The molecule has 14 heavy (non-hydrogen) atoms. The summed E-state index contributed by atoms with van der Waals surface area (Å²) >= 11 is 0. The first-order valence-corrected chi connectivity index (χ1v) is 5.30. The fraction of sp³-hybridized carbons (Fsp3) is 0.500. The van der Waals surface area contributed by atoms with Gasteiger partial charge in [-0.3, -0.25) is 0 Å². The van der Waals surface area contributed by atoms with E-state index in [0.717, 1.165) is 30.4 Å². The minimum Gasteiger partial charge on any atom is -0.493 e. The van der Waals surface area contributed by atoms with Crippen LogP contribution >= 0.6 is 0 Å². The lowest BCUT2D eigenvalue weighted by molar-refractivity contribution is 0.300. The van der Waals surface area contributed by atoms with Gasteiger partial charge in [0, 0.05) is 11.8 Å². The zero-order valence-corrected chi connectivity index (χ0v) is 8.62. The van der Waals surface area contributed by atoms with Crippen LogP contribution in [0.4, 0.5) is 5.69 Å². The predicted octanol–water partition coefficient (Wildman–Crippen LogP) is 2.62. The summed E-state index contributed by atoms with van der Waals surface area (Å²) < 4.78 is 5.63. The minimum absolute atomic E-state index is 0.794. The summed E-state index contributed by atoms with van der Waals surface area (Å²) in [6.07, 6.45) is 3.62. The van der Waals surface area contributed by atoms with Crippen molar-refractivity contribution >= 4 is 5.69 Å². The lowest BCUT2D eigenvalue weighted by Gasteiger charge is -2.08. The molecule has 0 saturated heterocycles. The highest BCUT2D eigenvalue weighted by molar-refractivity contribution is 5.51. The monoisotopic (exact) mass is 191 g/mol. The highest BCUT2D eigenvalue weighted by Crippen LogP contribution is 2.30. The lowest BCUT2D eigenvalue weighted by atomic mass is 10.1. The van der Waals surface area contributed by atoms with Gasteiger partial charge >= 0.3 is 0 Å². The molecule has 0 radical (unpaired) electrons. The molecule has 0 heterocycles. The molecule has 0 unspecified atom stereocenters. The molecule has 2 heteroatoms. The second-order valence-electron chi connectivity index (χ2n) is 3.97. The van der Waals surface area contributed by atoms with Crippen LogP contribution in [-0.4, -0.2) is 6.61 Å². The maximum Gasteiger partial charge on any atom is 0.121 e. The molecule has 0 bridgehead atoms. The van der Waals surface area contributed by atoms with Gasteiger partial charge in [0.15, 0.2) is 0 Å². The summed E-state index contributed by atoms with van der Waals surface area (Å²) in [6.45, 7) is 2.96. The van der Waals surface area contributed by atoms with Crippen molar-refractivity contribution in [3.63, 3.8) is 0 Å². The quantitative estimate of drug-likeness (QED) is 0.742. The normalized spacial score (nSPS) is 15.5. The molecule has 2 rings (SSSR count). The first-order chi connectivity index (χ1) is 6.79. The summed E-state index contributed by atoms with van der Waals surface area (Å²) in [4.78, 5) is 0. The Morgan fingerprint density at radius 1 is 1.43 bits per heavy atom. The van der Waals surface area contributed by atoms with Gasteiger partial charge in [-0.25, -0.2) is 0 Å². The zero-order valence-electron chi connectivity index (χ0n) is 8.62. The van der Waals surface area contributed by atoms with Gasteiger partial charge in [-0.2, -0.15) is 0 Å². The average molecular weight is 191 g/mol. The molecule has 2 N–H and O–H groups in total. The van der Waals surface area contributed by atoms with Crippen LogP contribution in [0.5, 0.6) is 5.75 Å². The van der Waals surface area contributed by atoms with Crippen LogP contribution in [0, 0.1) is 5.92 Å². The van der Waals surface area contributed by atoms with Crippen molar-refractivity contribution in [2.75, 3.05) is 12.3 Å². The molecule has 1 aromatic carbocycles. The molecule has 1 fully saturated rings. The Morgan fingerprint density at radius 3 is 2.79 bits per heavy atom. The van der Waals surface area contributed by atoms with Crippen LogP contribution in [0.15, 0.2) is 18.2 Å². The Bertz CT molecular complexity index is 318. The van der Waals surface area contributed by atoms with E-state index in [2.05, 4.69) is 13.0 Å².